The second kappa shape index (κ2) is 6.74. The Hall–Kier alpha value is -2.79. The molecule has 1 N–H and O–H groups in total. The molecule has 3 aromatic rings. The maximum Gasteiger partial charge on any atom is 0.249 e. The van der Waals surface area contributed by atoms with Crippen molar-refractivity contribution in [3.63, 3.8) is 0 Å². The van der Waals surface area contributed by atoms with Crippen LogP contribution in [0.4, 0.5) is 5.95 Å². The van der Waals surface area contributed by atoms with E-state index in [0.29, 0.717) is 16.8 Å². The number of aromatic nitrogens is 3. The van der Waals surface area contributed by atoms with E-state index < -0.39 is 31.3 Å². The van der Waals surface area contributed by atoms with Crippen molar-refractivity contribution in [1.29, 1.82) is 0 Å². The number of pyridine rings is 1. The zero-order valence-electron chi connectivity index (χ0n) is 14.4. The topological polar surface area (TPSA) is 128 Å². The number of nitrogens with zero attached hydrogens (tertiary/aromatic N) is 3. The summed E-state index contributed by atoms with van der Waals surface area (Å²) < 4.78 is 47.2. The fourth-order valence-electron chi connectivity index (χ4n) is 2.41. The standard InChI is InChI=1S/C16H16N4O5S2/c1-26(22,23)10-15(21)18-16-17-14-7-6-12(9-20(14)19-16)11-4-3-5-13(8-11)27(2,24)25/h3-9H,10H2,1-2H3,(H,18,19,21). The molecule has 9 nitrogen and oxygen atoms in total. The fourth-order valence-corrected chi connectivity index (χ4v) is 3.63. The molecule has 11 heteroatoms. The van der Waals surface area contributed by atoms with E-state index in [9.17, 15) is 21.6 Å². The van der Waals surface area contributed by atoms with E-state index >= 15 is 0 Å². The van der Waals surface area contributed by atoms with Crippen LogP contribution in [-0.4, -0.2) is 55.6 Å². The first-order valence-electron chi connectivity index (χ1n) is 7.66. The van der Waals surface area contributed by atoms with Crippen molar-refractivity contribution in [1.82, 2.24) is 14.6 Å². The third-order valence-electron chi connectivity index (χ3n) is 3.57. The van der Waals surface area contributed by atoms with E-state index in [2.05, 4.69) is 15.4 Å². The molecule has 0 aliphatic carbocycles. The lowest BCUT2D eigenvalue weighted by molar-refractivity contribution is -0.113. The molecular weight excluding hydrogens is 392 g/mol. The normalized spacial score (nSPS) is 12.2. The van der Waals surface area contributed by atoms with Gasteiger partial charge in [-0.25, -0.2) is 21.4 Å². The summed E-state index contributed by atoms with van der Waals surface area (Å²) in [4.78, 5) is 16.0. The van der Waals surface area contributed by atoms with Gasteiger partial charge in [0.05, 0.1) is 4.90 Å². The minimum atomic E-state index is -3.46. The third kappa shape index (κ3) is 4.68. The van der Waals surface area contributed by atoms with Crippen LogP contribution in [0.1, 0.15) is 0 Å². The molecule has 2 heterocycles. The monoisotopic (exact) mass is 408 g/mol. The third-order valence-corrected chi connectivity index (χ3v) is 5.47. The lowest BCUT2D eigenvalue weighted by Gasteiger charge is -2.04. The van der Waals surface area contributed by atoms with Gasteiger partial charge in [-0.2, -0.15) is 4.98 Å². The Balaban J connectivity index is 1.92. The van der Waals surface area contributed by atoms with E-state index in [-0.39, 0.29) is 10.8 Å². The molecule has 0 aliphatic rings. The minimum absolute atomic E-state index is 0.0225. The molecule has 2 aromatic heterocycles. The Morgan fingerprint density at radius 3 is 2.48 bits per heavy atom. The number of fused-ring (bicyclic) bond motifs is 1. The highest BCUT2D eigenvalue weighted by atomic mass is 32.2. The van der Waals surface area contributed by atoms with Crippen LogP contribution in [0.2, 0.25) is 0 Å². The molecule has 0 radical (unpaired) electrons. The van der Waals surface area contributed by atoms with E-state index in [1.165, 1.54) is 10.6 Å². The highest BCUT2D eigenvalue weighted by Crippen LogP contribution is 2.23. The summed E-state index contributed by atoms with van der Waals surface area (Å²) >= 11 is 0. The number of amides is 1. The van der Waals surface area contributed by atoms with Gasteiger partial charge in [0.2, 0.25) is 11.9 Å². The number of sulfone groups is 2. The first kappa shape index (κ1) is 19.0. The first-order chi connectivity index (χ1) is 12.5. The first-order valence-corrected chi connectivity index (χ1v) is 11.6. The highest BCUT2D eigenvalue weighted by Gasteiger charge is 2.14. The molecule has 3 rings (SSSR count). The van der Waals surface area contributed by atoms with Gasteiger partial charge in [0.1, 0.15) is 5.75 Å². The minimum Gasteiger partial charge on any atom is -0.292 e. The van der Waals surface area contributed by atoms with Crippen LogP contribution in [0.25, 0.3) is 16.8 Å². The van der Waals surface area contributed by atoms with Crippen LogP contribution in [0, 0.1) is 0 Å². The maximum atomic E-state index is 11.7. The summed E-state index contributed by atoms with van der Waals surface area (Å²) in [5, 5.41) is 6.44. The predicted octanol–water partition coefficient (Wildman–Crippen LogP) is 0.783. The van der Waals surface area contributed by atoms with Crippen molar-refractivity contribution in [3.05, 3.63) is 42.6 Å². The molecule has 142 valence electrons. The summed E-state index contributed by atoms with van der Waals surface area (Å²) in [6.45, 7) is 0. The van der Waals surface area contributed by atoms with E-state index in [4.69, 9.17) is 0 Å². The van der Waals surface area contributed by atoms with Gasteiger partial charge in [0.25, 0.3) is 0 Å². The number of nitrogens with one attached hydrogen (secondary N) is 1. The van der Waals surface area contributed by atoms with Crippen molar-refractivity contribution in [2.75, 3.05) is 23.6 Å². The smallest absolute Gasteiger partial charge is 0.249 e. The largest absolute Gasteiger partial charge is 0.292 e. The molecule has 0 bridgehead atoms. The number of benzene rings is 1. The number of hydrogen-bond donors (Lipinski definition) is 1. The second-order valence-corrected chi connectivity index (χ2v) is 10.2. The average molecular weight is 408 g/mol. The summed E-state index contributed by atoms with van der Waals surface area (Å²) in [5.41, 5.74) is 1.82. The van der Waals surface area contributed by atoms with Crippen LogP contribution < -0.4 is 5.32 Å². The Kier molecular flexibility index (Phi) is 4.74. The van der Waals surface area contributed by atoms with Gasteiger partial charge in [-0.05, 0) is 29.8 Å². The fraction of sp³-hybridized carbons (Fsp3) is 0.188. The molecule has 0 saturated heterocycles. The van der Waals surface area contributed by atoms with E-state index in [1.807, 2.05) is 0 Å². The van der Waals surface area contributed by atoms with Gasteiger partial charge in [0.15, 0.2) is 25.3 Å². The summed E-state index contributed by atoms with van der Waals surface area (Å²) in [5.74, 6) is -1.41. The quantitative estimate of drug-likeness (QED) is 0.661. The Labute approximate surface area is 155 Å². The lowest BCUT2D eigenvalue weighted by Crippen LogP contribution is -2.22. The molecule has 0 atom stereocenters. The van der Waals surface area contributed by atoms with Gasteiger partial charge in [-0.15, -0.1) is 5.10 Å². The molecule has 0 spiro atoms. The maximum absolute atomic E-state index is 11.7. The van der Waals surface area contributed by atoms with Crippen LogP contribution in [-0.2, 0) is 24.5 Å². The lowest BCUT2D eigenvalue weighted by atomic mass is 10.1. The summed E-state index contributed by atoms with van der Waals surface area (Å²) in [6, 6.07) is 9.88. The Morgan fingerprint density at radius 1 is 1.07 bits per heavy atom. The zero-order chi connectivity index (χ0) is 19.8. The molecule has 0 unspecified atom stereocenters. The van der Waals surface area contributed by atoms with Crippen LogP contribution >= 0.6 is 0 Å². The summed E-state index contributed by atoms with van der Waals surface area (Å²) in [6.07, 6.45) is 3.73. The molecule has 0 fully saturated rings. The second-order valence-electron chi connectivity index (χ2n) is 6.07. The van der Waals surface area contributed by atoms with Crippen LogP contribution in [0.5, 0.6) is 0 Å². The van der Waals surface area contributed by atoms with Crippen LogP contribution in [0.15, 0.2) is 47.5 Å². The number of anilines is 1. The van der Waals surface area contributed by atoms with Crippen molar-refractivity contribution in [2.24, 2.45) is 0 Å². The molecule has 0 saturated carbocycles. The van der Waals surface area contributed by atoms with Crippen molar-refractivity contribution in [2.45, 2.75) is 4.90 Å². The molecular formula is C16H16N4O5S2. The number of hydrogen-bond acceptors (Lipinski definition) is 7. The van der Waals surface area contributed by atoms with Crippen molar-refractivity contribution < 1.29 is 21.6 Å². The number of carbonyl (C=O) groups is 1. The van der Waals surface area contributed by atoms with E-state index in [1.54, 1.807) is 36.5 Å². The Morgan fingerprint density at radius 2 is 1.81 bits per heavy atom. The summed E-state index contributed by atoms with van der Waals surface area (Å²) in [7, 11) is -6.79. The van der Waals surface area contributed by atoms with E-state index in [0.717, 1.165) is 12.5 Å². The van der Waals surface area contributed by atoms with Gasteiger partial charge in [-0.1, -0.05) is 12.1 Å². The SMILES string of the molecule is CS(=O)(=O)CC(=O)Nc1nc2ccc(-c3cccc(S(C)(=O)=O)c3)cn2n1. The molecule has 1 aromatic carbocycles. The number of carbonyl (C=O) groups excluding carboxylic acids is 1. The number of rotatable bonds is 5. The molecule has 1 amide bonds. The molecule has 27 heavy (non-hydrogen) atoms. The van der Waals surface area contributed by atoms with Gasteiger partial charge in [-0.3, -0.25) is 10.1 Å². The predicted molar refractivity (Wildman–Crippen MR) is 99.9 cm³/mol. The van der Waals surface area contributed by atoms with Crippen LogP contribution in [0.3, 0.4) is 0 Å². The van der Waals surface area contributed by atoms with Gasteiger partial charge < -0.3 is 0 Å². The van der Waals surface area contributed by atoms with Crippen molar-refractivity contribution in [3.8, 4) is 11.1 Å². The molecule has 0 aliphatic heterocycles. The Bertz CT molecular complexity index is 1250. The van der Waals surface area contributed by atoms with Gasteiger partial charge >= 0.3 is 0 Å². The highest BCUT2D eigenvalue weighted by molar-refractivity contribution is 7.91. The zero-order valence-corrected chi connectivity index (χ0v) is 16.1. The van der Waals surface area contributed by atoms with Gasteiger partial charge in [0, 0.05) is 24.3 Å². The average Bonchev–Trinajstić information content (AvgIpc) is 2.93. The van der Waals surface area contributed by atoms with Crippen molar-refractivity contribution >= 4 is 37.2 Å².